The highest BCUT2D eigenvalue weighted by atomic mass is 16.4. The van der Waals surface area contributed by atoms with E-state index in [0.717, 1.165) is 47.1 Å². The number of Topliss-reactive ketones (excluding diaryl/α,β-unsaturated/α-hetero) is 2. The molecule has 10 heteroatoms. The summed E-state index contributed by atoms with van der Waals surface area (Å²) in [6.07, 6.45) is 18.5. The van der Waals surface area contributed by atoms with Crippen LogP contribution in [-0.4, -0.2) is 66.3 Å². The molecule has 356 valence electrons. The van der Waals surface area contributed by atoms with Crippen molar-refractivity contribution in [1.29, 1.82) is 0 Å². The highest BCUT2D eigenvalue weighted by Crippen LogP contribution is 2.91. The van der Waals surface area contributed by atoms with Crippen LogP contribution < -0.4 is 11.5 Å². The van der Waals surface area contributed by atoms with Gasteiger partial charge in [0.05, 0.1) is 5.54 Å². The van der Waals surface area contributed by atoms with Gasteiger partial charge < -0.3 is 31.9 Å². The normalized spacial score (nSPS) is 48.1. The van der Waals surface area contributed by atoms with Crippen molar-refractivity contribution in [3.8, 4) is 11.8 Å². The zero-order valence-electron chi connectivity index (χ0n) is 40.0. The first-order chi connectivity index (χ1) is 32.9. The second kappa shape index (κ2) is 12.9. The van der Waals surface area contributed by atoms with E-state index in [0.29, 0.717) is 92.9 Å². The van der Waals surface area contributed by atoms with Gasteiger partial charge in [-0.05, 0) is 128 Å². The highest BCUT2D eigenvalue weighted by Gasteiger charge is 2.92. The number of hydrogen-bond donors (Lipinski definition) is 6. The maximum atomic E-state index is 16.6. The van der Waals surface area contributed by atoms with Crippen molar-refractivity contribution < 1.29 is 34.8 Å². The molecule has 3 spiro atoms. The SMILES string of the molecule is CC(C(=O)O)=C1CCC2(N=C(N)N)C=CC34C5CCCCC36CC(=O)C3=C7C8(O)C=C9CC%10=C(C(=CC%10)C1(O)C52)C4C9(O)C76CCC#CCC1(C)C(=O)CCC3(C)C1C8C1=Cc2ccccc2CC1. The first-order valence-corrected chi connectivity index (χ1v) is 26.0. The molecule has 5 saturated carbocycles. The number of hydrogen-bond acceptors (Lipinski definition) is 7. The lowest BCUT2D eigenvalue weighted by Crippen LogP contribution is -2.73. The lowest BCUT2D eigenvalue weighted by Gasteiger charge is -2.71. The van der Waals surface area contributed by atoms with Crippen LogP contribution in [0.25, 0.3) is 6.08 Å². The number of nitrogens with two attached hydrogens (primary N) is 2. The van der Waals surface area contributed by atoms with Crippen LogP contribution in [-0.2, 0) is 20.8 Å². The van der Waals surface area contributed by atoms with Gasteiger partial charge in [0.25, 0.3) is 0 Å². The quantitative estimate of drug-likeness (QED) is 0.0587. The minimum Gasteiger partial charge on any atom is -0.478 e. The summed E-state index contributed by atoms with van der Waals surface area (Å²) >= 11 is 0. The van der Waals surface area contributed by atoms with Gasteiger partial charge in [0.1, 0.15) is 22.6 Å². The Morgan fingerprint density at radius 2 is 1.72 bits per heavy atom. The Hall–Kier alpha value is -5.08. The zero-order chi connectivity index (χ0) is 47.8. The van der Waals surface area contributed by atoms with Crippen molar-refractivity contribution in [2.75, 3.05) is 0 Å². The van der Waals surface area contributed by atoms with E-state index in [9.17, 15) is 19.8 Å². The molecule has 14 atom stereocenters. The third-order valence-corrected chi connectivity index (χ3v) is 22.5. The number of ketones is 2. The van der Waals surface area contributed by atoms with E-state index in [1.165, 1.54) is 5.56 Å². The van der Waals surface area contributed by atoms with E-state index in [-0.39, 0.29) is 35.9 Å². The van der Waals surface area contributed by atoms with Crippen molar-refractivity contribution in [2.45, 2.75) is 146 Å². The number of allylic oxidation sites excluding steroid dienone is 4. The minimum absolute atomic E-state index is 0.00438. The van der Waals surface area contributed by atoms with Crippen LogP contribution in [0.3, 0.4) is 0 Å². The number of rotatable bonds is 3. The van der Waals surface area contributed by atoms with Crippen molar-refractivity contribution in [3.05, 3.63) is 110 Å². The summed E-state index contributed by atoms with van der Waals surface area (Å²) in [7, 11) is 0. The molecule has 5 fully saturated rings. The predicted molar refractivity (Wildman–Crippen MR) is 259 cm³/mol. The maximum Gasteiger partial charge on any atom is 0.331 e. The number of fused-ring (bicyclic) bond motifs is 2. The molecule has 0 radical (unpaired) electrons. The summed E-state index contributed by atoms with van der Waals surface area (Å²) in [5.74, 6) is 3.23. The van der Waals surface area contributed by atoms with Gasteiger partial charge in [-0.3, -0.25) is 9.59 Å². The van der Waals surface area contributed by atoms with Gasteiger partial charge in [-0.1, -0.05) is 86.4 Å². The molecule has 0 heterocycles. The first-order valence-electron chi connectivity index (χ1n) is 26.0. The number of benzene rings is 1. The molecule has 14 unspecified atom stereocenters. The molecule has 0 aliphatic heterocycles. The number of aliphatic carboxylic acids is 1. The molecule has 8 N–H and O–H groups in total. The van der Waals surface area contributed by atoms with E-state index < -0.39 is 85.0 Å². The number of carboxylic acids is 1. The van der Waals surface area contributed by atoms with Crippen LogP contribution >= 0.6 is 0 Å². The van der Waals surface area contributed by atoms with E-state index in [1.54, 1.807) is 6.92 Å². The number of guanidine groups is 1. The van der Waals surface area contributed by atoms with Gasteiger partial charge in [-0.2, -0.15) is 0 Å². The zero-order valence-corrected chi connectivity index (χ0v) is 40.0. The average Bonchev–Trinajstić information content (AvgIpc) is 3.69. The summed E-state index contributed by atoms with van der Waals surface area (Å²) in [5, 5.41) is 55.7. The van der Waals surface area contributed by atoms with Crippen LogP contribution in [0.15, 0.2) is 104 Å². The molecule has 0 aromatic heterocycles. The van der Waals surface area contributed by atoms with Crippen LogP contribution in [0.5, 0.6) is 0 Å². The Bertz CT molecular complexity index is 3080. The second-order valence-electron chi connectivity index (χ2n) is 24.5. The van der Waals surface area contributed by atoms with Crippen molar-refractivity contribution in [3.63, 3.8) is 0 Å². The van der Waals surface area contributed by atoms with Gasteiger partial charge in [-0.15, -0.1) is 11.8 Å². The Kier molecular flexibility index (Phi) is 7.98. The van der Waals surface area contributed by atoms with Crippen molar-refractivity contribution >= 4 is 29.6 Å². The molecule has 1 aromatic rings. The molecule has 8 bridgehead atoms. The summed E-state index contributed by atoms with van der Waals surface area (Å²) < 4.78 is 0. The van der Waals surface area contributed by atoms with Crippen molar-refractivity contribution in [1.82, 2.24) is 0 Å². The Balaban J connectivity index is 1.17. The molecule has 69 heavy (non-hydrogen) atoms. The Morgan fingerprint density at radius 1 is 0.913 bits per heavy atom. The number of aliphatic hydroxyl groups is 3. The number of carbonyl (C=O) groups excluding carboxylic acids is 2. The summed E-state index contributed by atoms with van der Waals surface area (Å²) in [6.45, 7) is 5.89. The smallest absolute Gasteiger partial charge is 0.331 e. The van der Waals surface area contributed by atoms with Crippen molar-refractivity contribution in [2.24, 2.45) is 73.1 Å². The highest BCUT2D eigenvalue weighted by molar-refractivity contribution is 6.03. The molecule has 14 rings (SSSR count). The third-order valence-electron chi connectivity index (χ3n) is 22.5. The number of nitrogens with zero attached hydrogens (tertiary/aromatic N) is 1. The fourth-order valence-corrected chi connectivity index (χ4v) is 20.8. The Labute approximate surface area is 403 Å². The van der Waals surface area contributed by atoms with Gasteiger partial charge in [0, 0.05) is 81.7 Å². The predicted octanol–water partition coefficient (Wildman–Crippen LogP) is 7.44. The van der Waals surface area contributed by atoms with Gasteiger partial charge in [0.15, 0.2) is 11.7 Å². The molecule has 0 saturated heterocycles. The molecule has 0 amide bonds. The fourth-order valence-electron chi connectivity index (χ4n) is 20.8. The summed E-state index contributed by atoms with van der Waals surface area (Å²) in [6, 6.07) is 8.45. The van der Waals surface area contributed by atoms with Gasteiger partial charge >= 0.3 is 5.97 Å². The summed E-state index contributed by atoms with van der Waals surface area (Å²) in [5.41, 5.74) is 10.2. The number of carboxylic acid groups (broad SMARTS) is 1. The van der Waals surface area contributed by atoms with Crippen LogP contribution in [0.4, 0.5) is 0 Å². The van der Waals surface area contributed by atoms with Crippen LogP contribution in [0, 0.1) is 68.5 Å². The first kappa shape index (κ1) is 42.8. The molecular formula is C59H63N3O7. The van der Waals surface area contributed by atoms with E-state index in [4.69, 9.17) is 16.5 Å². The number of aryl methyl sites for hydroxylation is 1. The largest absolute Gasteiger partial charge is 0.478 e. The van der Waals surface area contributed by atoms with E-state index in [1.807, 2.05) is 6.08 Å². The van der Waals surface area contributed by atoms with E-state index >= 15 is 15.0 Å². The van der Waals surface area contributed by atoms with Gasteiger partial charge in [0.2, 0.25) is 0 Å². The standard InChI is InChI=1S/C59H63N3O7/c1-31(49(65)66)37-18-24-53(62-50(60)61)25-26-55-39-13-7-10-21-54(55)30-40(63)44-48-56(67)29-36-28-34-16-17-38(58(37,68)45(39)53)42(34)46(55)59(36,69)57(48,54)22-9-4-8-20-51(2)41(64)19-23-52(44,3)47(51)43(56)35-15-14-32-11-5-6-12-33(32)27-35/h5-6,11-12,17,25-27,29,39,43,45-47,67-69H,7,9-10,13-16,18-24,28,30H2,1-3H3,(H,65,66)(H4,60,61,62). The average molecular weight is 926 g/mol. The van der Waals surface area contributed by atoms with Gasteiger partial charge in [-0.25, -0.2) is 9.79 Å². The molecular weight excluding hydrogens is 863 g/mol. The number of aliphatic imine (C=N–C) groups is 1. The Morgan fingerprint density at radius 3 is 2.52 bits per heavy atom. The molecule has 10 nitrogen and oxygen atoms in total. The lowest BCUT2D eigenvalue weighted by atomic mass is 9.32. The number of carbonyl (C=O) groups is 3. The topological polar surface area (TPSA) is 197 Å². The molecule has 13 aliphatic rings. The lowest BCUT2D eigenvalue weighted by molar-refractivity contribution is -0.178. The summed E-state index contributed by atoms with van der Waals surface area (Å²) in [4.78, 5) is 49.9. The van der Waals surface area contributed by atoms with E-state index in [2.05, 4.69) is 74.3 Å². The second-order valence-corrected chi connectivity index (χ2v) is 24.5. The molecule has 13 aliphatic carbocycles. The fraction of sp³-hybridized carbons (Fsp3) is 0.559. The third kappa shape index (κ3) is 4.30. The monoisotopic (exact) mass is 925 g/mol. The van der Waals surface area contributed by atoms with Crippen LogP contribution in [0.1, 0.15) is 128 Å². The minimum atomic E-state index is -1.81. The maximum absolute atomic E-state index is 16.6. The van der Waals surface area contributed by atoms with Crippen LogP contribution in [0.2, 0.25) is 0 Å². The molecule has 1 aromatic carbocycles.